The summed E-state index contributed by atoms with van der Waals surface area (Å²) >= 11 is 0. The van der Waals surface area contributed by atoms with Crippen molar-refractivity contribution >= 4 is 22.0 Å². The number of sulfone groups is 1. The minimum Gasteiger partial charge on any atom is -0.300 e. The predicted molar refractivity (Wildman–Crippen MR) is 167 cm³/mol. The standard InChI is InChI=1S/C34H52FN3O4S/c1-22(2)29-16-12-24(5)18-31(29)38(32-19-25(6)13-17-30(32)23(3)4)33-36-21-37(42-33)34(35,26-14-15-27(39)20-26)43(40,41)28-10-8-7-9-11-28/h7-11,21-26,29-33H,12-20H2,1-6H3. The number of hydrogen-bond donors (Lipinski definition) is 0. The Balaban J connectivity index is 1.55. The van der Waals surface area contributed by atoms with Gasteiger partial charge in [0.2, 0.25) is 16.2 Å². The fourth-order valence-electron chi connectivity index (χ4n) is 8.52. The maximum atomic E-state index is 17.6. The summed E-state index contributed by atoms with van der Waals surface area (Å²) in [6, 6.07) is 8.07. The molecule has 9 atom stereocenters. The van der Waals surface area contributed by atoms with Crippen molar-refractivity contribution < 1.29 is 22.4 Å². The maximum absolute atomic E-state index is 17.6. The van der Waals surface area contributed by atoms with Gasteiger partial charge in [0.25, 0.3) is 0 Å². The van der Waals surface area contributed by atoms with Crippen LogP contribution < -0.4 is 0 Å². The molecule has 240 valence electrons. The highest BCUT2D eigenvalue weighted by molar-refractivity contribution is 7.92. The van der Waals surface area contributed by atoms with Gasteiger partial charge in [-0.2, -0.15) is 9.45 Å². The number of aliphatic imine (C=N–C) groups is 1. The topological polar surface area (TPSA) is 79.3 Å². The van der Waals surface area contributed by atoms with Crippen LogP contribution in [0.4, 0.5) is 4.39 Å². The lowest BCUT2D eigenvalue weighted by Gasteiger charge is -2.52. The summed E-state index contributed by atoms with van der Waals surface area (Å²) in [4.78, 5) is 25.9. The van der Waals surface area contributed by atoms with Crippen molar-refractivity contribution in [2.75, 3.05) is 0 Å². The first-order chi connectivity index (χ1) is 20.3. The van der Waals surface area contributed by atoms with E-state index in [1.807, 2.05) is 0 Å². The molecule has 1 aromatic rings. The van der Waals surface area contributed by atoms with E-state index in [2.05, 4.69) is 46.4 Å². The van der Waals surface area contributed by atoms with Crippen molar-refractivity contribution in [3.63, 3.8) is 0 Å². The second-order valence-corrected chi connectivity index (χ2v) is 16.7. The fourth-order valence-corrected chi connectivity index (χ4v) is 10.3. The van der Waals surface area contributed by atoms with Crippen LogP contribution in [0.2, 0.25) is 0 Å². The summed E-state index contributed by atoms with van der Waals surface area (Å²) in [5.41, 5.74) is 0. The molecule has 4 aliphatic rings. The van der Waals surface area contributed by atoms with Crippen LogP contribution in [0.5, 0.6) is 0 Å². The van der Waals surface area contributed by atoms with E-state index < -0.39 is 27.2 Å². The Kier molecular flexibility index (Phi) is 9.75. The Labute approximate surface area is 258 Å². The lowest BCUT2D eigenvalue weighted by molar-refractivity contribution is -0.258. The molecule has 7 nitrogen and oxygen atoms in total. The highest BCUT2D eigenvalue weighted by Crippen LogP contribution is 2.48. The lowest BCUT2D eigenvalue weighted by atomic mass is 9.69. The summed E-state index contributed by atoms with van der Waals surface area (Å²) in [6.45, 7) is 13.8. The molecule has 1 aliphatic heterocycles. The predicted octanol–water partition coefficient (Wildman–Crippen LogP) is 7.24. The monoisotopic (exact) mass is 617 g/mol. The molecule has 0 aromatic heterocycles. The van der Waals surface area contributed by atoms with Gasteiger partial charge in [0.15, 0.2) is 0 Å². The third-order valence-corrected chi connectivity index (χ3v) is 13.1. The molecule has 0 amide bonds. The van der Waals surface area contributed by atoms with Crippen molar-refractivity contribution in [1.82, 2.24) is 9.96 Å². The molecule has 9 heteroatoms. The van der Waals surface area contributed by atoms with Crippen LogP contribution in [0.3, 0.4) is 0 Å². The number of benzene rings is 1. The van der Waals surface area contributed by atoms with Crippen molar-refractivity contribution in [3.8, 4) is 0 Å². The number of carbonyl (C=O) groups excluding carboxylic acids is 1. The highest BCUT2D eigenvalue weighted by Gasteiger charge is 2.60. The molecule has 0 spiro atoms. The molecule has 0 N–H and O–H groups in total. The average Bonchev–Trinajstić information content (AvgIpc) is 3.63. The maximum Gasteiger partial charge on any atom is 0.314 e. The van der Waals surface area contributed by atoms with Gasteiger partial charge in [-0.05, 0) is 79.7 Å². The molecule has 1 aromatic carbocycles. The molecule has 5 rings (SSSR count). The quantitative estimate of drug-likeness (QED) is 0.272. The Hall–Kier alpha value is -1.84. The third kappa shape index (κ3) is 6.19. The minimum atomic E-state index is -4.58. The number of nitrogens with zero attached hydrogens (tertiary/aromatic N) is 3. The molecule has 1 heterocycles. The van der Waals surface area contributed by atoms with Crippen LogP contribution in [0.15, 0.2) is 40.2 Å². The largest absolute Gasteiger partial charge is 0.314 e. The van der Waals surface area contributed by atoms with E-state index in [4.69, 9.17) is 9.83 Å². The van der Waals surface area contributed by atoms with Crippen molar-refractivity contribution in [2.24, 2.45) is 46.4 Å². The van der Waals surface area contributed by atoms with E-state index in [1.54, 1.807) is 18.2 Å². The highest BCUT2D eigenvalue weighted by atomic mass is 32.2. The molecule has 0 saturated heterocycles. The fraction of sp³-hybridized carbons (Fsp3) is 0.765. The van der Waals surface area contributed by atoms with Crippen LogP contribution in [0.25, 0.3) is 0 Å². The normalized spacial score (nSPS) is 35.3. The van der Waals surface area contributed by atoms with E-state index in [-0.39, 0.29) is 42.0 Å². The second kappa shape index (κ2) is 12.9. The van der Waals surface area contributed by atoms with Gasteiger partial charge in [-0.25, -0.2) is 18.2 Å². The lowest BCUT2D eigenvalue weighted by Crippen LogP contribution is -2.60. The van der Waals surface area contributed by atoms with Gasteiger partial charge in [0, 0.05) is 30.8 Å². The minimum absolute atomic E-state index is 0.128. The van der Waals surface area contributed by atoms with E-state index >= 15 is 4.39 Å². The van der Waals surface area contributed by atoms with Crippen LogP contribution in [-0.2, 0) is 19.5 Å². The molecule has 3 saturated carbocycles. The number of ketones is 1. The van der Waals surface area contributed by atoms with Gasteiger partial charge < -0.3 is 0 Å². The van der Waals surface area contributed by atoms with Crippen molar-refractivity contribution in [2.45, 2.75) is 128 Å². The van der Waals surface area contributed by atoms with Gasteiger partial charge in [-0.15, -0.1) is 0 Å². The Bertz CT molecular complexity index is 1230. The summed E-state index contributed by atoms with van der Waals surface area (Å²) in [6.07, 6.45) is 7.21. The van der Waals surface area contributed by atoms with Crippen LogP contribution in [0.1, 0.15) is 99.3 Å². The molecule has 43 heavy (non-hydrogen) atoms. The molecule has 3 aliphatic carbocycles. The zero-order chi connectivity index (χ0) is 31.1. The first-order valence-electron chi connectivity index (χ1n) is 16.6. The number of hydrogen-bond acceptors (Lipinski definition) is 7. The zero-order valence-electron chi connectivity index (χ0n) is 26.9. The van der Waals surface area contributed by atoms with Crippen LogP contribution in [0, 0.1) is 41.4 Å². The second-order valence-electron chi connectivity index (χ2n) is 14.7. The third-order valence-electron chi connectivity index (χ3n) is 11.0. The Morgan fingerprint density at radius 1 is 0.930 bits per heavy atom. The van der Waals surface area contributed by atoms with Gasteiger partial charge >= 0.3 is 5.12 Å². The molecular formula is C34H52FN3O4S. The summed E-state index contributed by atoms with van der Waals surface area (Å²) < 4.78 is 45.8. The Morgan fingerprint density at radius 3 is 1.98 bits per heavy atom. The van der Waals surface area contributed by atoms with Gasteiger partial charge in [-0.1, -0.05) is 72.6 Å². The molecule has 0 radical (unpaired) electrons. The Morgan fingerprint density at radius 2 is 1.49 bits per heavy atom. The molecule has 3 fully saturated rings. The first kappa shape index (κ1) is 32.6. The molecule has 9 unspecified atom stereocenters. The molecule has 0 bridgehead atoms. The number of hydroxylamine groups is 2. The average molecular weight is 618 g/mol. The van der Waals surface area contributed by atoms with E-state index in [0.29, 0.717) is 35.5 Å². The van der Waals surface area contributed by atoms with E-state index in [0.717, 1.165) is 30.7 Å². The first-order valence-corrected chi connectivity index (χ1v) is 18.1. The number of Topliss-reactive ketones (excluding diaryl/α,β-unsaturated/α-hetero) is 1. The van der Waals surface area contributed by atoms with Crippen molar-refractivity contribution in [3.05, 3.63) is 30.3 Å². The van der Waals surface area contributed by atoms with Crippen LogP contribution >= 0.6 is 0 Å². The smallest absolute Gasteiger partial charge is 0.300 e. The van der Waals surface area contributed by atoms with Crippen molar-refractivity contribution in [1.29, 1.82) is 0 Å². The van der Waals surface area contributed by atoms with Gasteiger partial charge in [-0.3, -0.25) is 9.69 Å². The summed E-state index contributed by atoms with van der Waals surface area (Å²) in [5, 5.41) is -2.09. The zero-order valence-corrected chi connectivity index (χ0v) is 27.7. The summed E-state index contributed by atoms with van der Waals surface area (Å²) in [5.74, 6) is 1.70. The number of alkyl halides is 1. The van der Waals surface area contributed by atoms with Gasteiger partial charge in [0.1, 0.15) is 12.1 Å². The molecular weight excluding hydrogens is 565 g/mol. The number of halogens is 1. The summed E-state index contributed by atoms with van der Waals surface area (Å²) in [7, 11) is -4.58. The van der Waals surface area contributed by atoms with Gasteiger partial charge in [0.05, 0.1) is 4.90 Å². The van der Waals surface area contributed by atoms with Crippen LogP contribution in [-0.4, -0.2) is 54.1 Å². The number of rotatable bonds is 9. The number of carbonyl (C=O) groups is 1. The SMILES string of the molecule is CC1CCC(C(C)C)C(N(C2N=CN(C(F)(C3CCC(=O)C3)S(=O)(=O)c3ccccc3)O2)C2CC(C)CCC2C(C)C)C1. The van der Waals surface area contributed by atoms with E-state index in [1.165, 1.54) is 31.3 Å². The van der Waals surface area contributed by atoms with E-state index in [9.17, 15) is 13.2 Å².